The van der Waals surface area contributed by atoms with Crippen molar-refractivity contribution in [3.05, 3.63) is 16.5 Å². The molecule has 2 N–H and O–H groups in total. The lowest BCUT2D eigenvalue weighted by molar-refractivity contribution is 0.447. The summed E-state index contributed by atoms with van der Waals surface area (Å²) in [5.74, 6) is 1.69. The molecule has 1 fully saturated rings. The van der Waals surface area contributed by atoms with Crippen LogP contribution in [0.3, 0.4) is 0 Å². The van der Waals surface area contributed by atoms with Gasteiger partial charge in [0.15, 0.2) is 4.67 Å². The number of hydrogen-bond donors (Lipinski definition) is 2. The highest BCUT2D eigenvalue weighted by molar-refractivity contribution is 9.10. The van der Waals surface area contributed by atoms with E-state index in [1.807, 2.05) is 13.8 Å². The minimum absolute atomic E-state index is 0.173. The van der Waals surface area contributed by atoms with Gasteiger partial charge >= 0.3 is 0 Å². The molecular weight excluding hydrogens is 344 g/mol. The SMILES string of the molecule is CC(C)NCc1cc(S(=O)(=O)NCC2CC2C)c(Br)o1. The Hall–Kier alpha value is -0.370. The molecule has 1 aromatic heterocycles. The number of furan rings is 1. The van der Waals surface area contributed by atoms with Gasteiger partial charge in [-0.2, -0.15) is 0 Å². The van der Waals surface area contributed by atoms with Crippen LogP contribution in [0.1, 0.15) is 33.0 Å². The molecule has 0 aromatic carbocycles. The Bertz CT molecular complexity index is 568. The summed E-state index contributed by atoms with van der Waals surface area (Å²) in [7, 11) is -3.51. The minimum Gasteiger partial charge on any atom is -0.452 e. The van der Waals surface area contributed by atoms with Crippen molar-refractivity contribution in [2.45, 2.75) is 44.7 Å². The van der Waals surface area contributed by atoms with Gasteiger partial charge in [0.25, 0.3) is 0 Å². The molecule has 2 rings (SSSR count). The molecule has 114 valence electrons. The van der Waals surface area contributed by atoms with E-state index in [2.05, 4.69) is 32.9 Å². The molecule has 0 aliphatic heterocycles. The third-order valence-corrected chi connectivity index (χ3v) is 5.77. The van der Waals surface area contributed by atoms with Crippen LogP contribution in [0.4, 0.5) is 0 Å². The van der Waals surface area contributed by atoms with Gasteiger partial charge in [-0.25, -0.2) is 13.1 Å². The molecule has 5 nitrogen and oxygen atoms in total. The van der Waals surface area contributed by atoms with E-state index in [1.54, 1.807) is 6.07 Å². The molecule has 1 aliphatic rings. The Morgan fingerprint density at radius 3 is 2.70 bits per heavy atom. The van der Waals surface area contributed by atoms with Crippen molar-refractivity contribution in [1.82, 2.24) is 10.0 Å². The first-order valence-corrected chi connectivity index (χ1v) is 9.08. The topological polar surface area (TPSA) is 71.3 Å². The standard InChI is InChI=1S/C13H21BrN2O3S/c1-8(2)15-7-11-5-12(13(14)19-11)20(17,18)16-6-10-4-9(10)3/h5,8-10,15-16H,4,6-7H2,1-3H3. The maximum Gasteiger partial charge on any atom is 0.244 e. The molecule has 20 heavy (non-hydrogen) atoms. The number of hydrogen-bond acceptors (Lipinski definition) is 4. The van der Waals surface area contributed by atoms with Crippen molar-refractivity contribution in [3.8, 4) is 0 Å². The second-order valence-corrected chi connectivity index (χ2v) is 8.17. The number of nitrogens with one attached hydrogen (secondary N) is 2. The predicted molar refractivity (Wildman–Crippen MR) is 80.8 cm³/mol. The Morgan fingerprint density at radius 2 is 2.15 bits per heavy atom. The van der Waals surface area contributed by atoms with Crippen LogP contribution in [0.15, 0.2) is 20.0 Å². The van der Waals surface area contributed by atoms with Gasteiger partial charge < -0.3 is 9.73 Å². The zero-order valence-corrected chi connectivity index (χ0v) is 14.3. The van der Waals surface area contributed by atoms with Gasteiger partial charge in [0.2, 0.25) is 10.0 Å². The average molecular weight is 365 g/mol. The van der Waals surface area contributed by atoms with Crippen LogP contribution in [-0.4, -0.2) is 21.0 Å². The van der Waals surface area contributed by atoms with Gasteiger partial charge in [-0.3, -0.25) is 0 Å². The van der Waals surface area contributed by atoms with Crippen molar-refractivity contribution < 1.29 is 12.8 Å². The summed E-state index contributed by atoms with van der Waals surface area (Å²) in [6.07, 6.45) is 1.10. The van der Waals surface area contributed by atoms with Crippen molar-refractivity contribution in [3.63, 3.8) is 0 Å². The Morgan fingerprint density at radius 1 is 1.50 bits per heavy atom. The lowest BCUT2D eigenvalue weighted by Crippen LogP contribution is -2.26. The molecule has 1 aliphatic carbocycles. The van der Waals surface area contributed by atoms with Crippen LogP contribution >= 0.6 is 15.9 Å². The Kier molecular flexibility index (Phi) is 4.94. The Labute approximate surface area is 128 Å². The number of rotatable bonds is 7. The third kappa shape index (κ3) is 4.07. The average Bonchev–Trinajstić information content (AvgIpc) is 2.91. The maximum absolute atomic E-state index is 12.2. The van der Waals surface area contributed by atoms with E-state index >= 15 is 0 Å². The second kappa shape index (κ2) is 6.17. The van der Waals surface area contributed by atoms with Crippen LogP contribution < -0.4 is 10.0 Å². The fourth-order valence-electron chi connectivity index (χ4n) is 1.95. The minimum atomic E-state index is -3.51. The van der Waals surface area contributed by atoms with Crippen LogP contribution in [-0.2, 0) is 16.6 Å². The lowest BCUT2D eigenvalue weighted by atomic mass is 10.3. The van der Waals surface area contributed by atoms with Crippen LogP contribution in [0.2, 0.25) is 0 Å². The third-order valence-electron chi connectivity index (χ3n) is 3.49. The summed E-state index contributed by atoms with van der Waals surface area (Å²) >= 11 is 3.18. The summed E-state index contributed by atoms with van der Waals surface area (Å²) in [6, 6.07) is 1.88. The van der Waals surface area contributed by atoms with Gasteiger partial charge in [-0.05, 0) is 34.2 Å². The predicted octanol–water partition coefficient (Wildman–Crippen LogP) is 2.47. The van der Waals surface area contributed by atoms with Crippen molar-refractivity contribution >= 4 is 26.0 Å². The van der Waals surface area contributed by atoms with E-state index in [0.29, 0.717) is 36.7 Å². The van der Waals surface area contributed by atoms with Crippen LogP contribution in [0.25, 0.3) is 0 Å². The molecule has 1 aromatic rings. The maximum atomic E-state index is 12.2. The first-order chi connectivity index (χ1) is 9.29. The Balaban J connectivity index is 2.02. The summed E-state index contributed by atoms with van der Waals surface area (Å²) in [4.78, 5) is 0.173. The second-order valence-electron chi connectivity index (χ2n) is 5.71. The highest BCUT2D eigenvalue weighted by Crippen LogP contribution is 2.37. The van der Waals surface area contributed by atoms with Crippen molar-refractivity contribution in [2.75, 3.05) is 6.54 Å². The molecule has 0 bridgehead atoms. The van der Waals surface area contributed by atoms with E-state index in [-0.39, 0.29) is 9.56 Å². The van der Waals surface area contributed by atoms with Gasteiger partial charge in [0.1, 0.15) is 10.7 Å². The molecule has 0 radical (unpaired) electrons. The smallest absolute Gasteiger partial charge is 0.244 e. The van der Waals surface area contributed by atoms with Gasteiger partial charge in [0, 0.05) is 18.7 Å². The first kappa shape index (κ1) is 16.0. The number of sulfonamides is 1. The van der Waals surface area contributed by atoms with E-state index in [1.165, 1.54) is 0 Å². The van der Waals surface area contributed by atoms with Gasteiger partial charge in [0.05, 0.1) is 6.54 Å². The van der Waals surface area contributed by atoms with Crippen LogP contribution in [0.5, 0.6) is 0 Å². The monoisotopic (exact) mass is 364 g/mol. The van der Waals surface area contributed by atoms with Crippen molar-refractivity contribution in [2.24, 2.45) is 11.8 Å². The molecule has 2 unspecified atom stereocenters. The quantitative estimate of drug-likeness (QED) is 0.779. The normalized spacial score (nSPS) is 22.4. The molecule has 0 saturated heterocycles. The molecule has 2 atom stereocenters. The molecule has 1 heterocycles. The van der Waals surface area contributed by atoms with E-state index in [0.717, 1.165) is 6.42 Å². The highest BCUT2D eigenvalue weighted by Gasteiger charge is 2.34. The molecule has 0 spiro atoms. The zero-order valence-electron chi connectivity index (χ0n) is 11.9. The first-order valence-electron chi connectivity index (χ1n) is 6.81. The summed E-state index contributed by atoms with van der Waals surface area (Å²) in [6.45, 7) is 7.18. The van der Waals surface area contributed by atoms with Crippen LogP contribution in [0, 0.1) is 11.8 Å². The summed E-state index contributed by atoms with van der Waals surface area (Å²) in [5, 5.41) is 3.19. The van der Waals surface area contributed by atoms with E-state index in [9.17, 15) is 8.42 Å². The van der Waals surface area contributed by atoms with Gasteiger partial charge in [-0.15, -0.1) is 0 Å². The zero-order chi connectivity index (χ0) is 14.9. The van der Waals surface area contributed by atoms with Gasteiger partial charge in [-0.1, -0.05) is 20.8 Å². The molecular formula is C13H21BrN2O3S. The fourth-order valence-corrected chi connectivity index (χ4v) is 4.04. The molecule has 7 heteroatoms. The molecule has 1 saturated carbocycles. The lowest BCUT2D eigenvalue weighted by Gasteiger charge is -2.04. The van der Waals surface area contributed by atoms with Crippen molar-refractivity contribution in [1.29, 1.82) is 0 Å². The van der Waals surface area contributed by atoms with E-state index < -0.39 is 10.0 Å². The van der Waals surface area contributed by atoms with E-state index in [4.69, 9.17) is 4.42 Å². The molecule has 0 amide bonds. The number of halogens is 1. The largest absolute Gasteiger partial charge is 0.452 e. The summed E-state index contributed by atoms with van der Waals surface area (Å²) in [5.41, 5.74) is 0. The highest BCUT2D eigenvalue weighted by atomic mass is 79.9. The summed E-state index contributed by atoms with van der Waals surface area (Å²) < 4.78 is 32.8. The fraction of sp³-hybridized carbons (Fsp3) is 0.692.